The van der Waals surface area contributed by atoms with Crippen LogP contribution in [0.2, 0.25) is 5.02 Å². The molecule has 5 heteroatoms. The van der Waals surface area contributed by atoms with Crippen molar-refractivity contribution in [3.8, 4) is 0 Å². The summed E-state index contributed by atoms with van der Waals surface area (Å²) >= 11 is 5.85. The number of anilines is 1. The van der Waals surface area contributed by atoms with Crippen molar-refractivity contribution in [2.45, 2.75) is 37.8 Å². The van der Waals surface area contributed by atoms with Crippen LogP contribution in [0.3, 0.4) is 0 Å². The number of amides is 2. The first-order chi connectivity index (χ1) is 8.65. The summed E-state index contributed by atoms with van der Waals surface area (Å²) in [6.07, 6.45) is 4.19. The lowest BCUT2D eigenvalue weighted by molar-refractivity contribution is 0.240. The number of urea groups is 1. The van der Waals surface area contributed by atoms with Gasteiger partial charge >= 0.3 is 6.03 Å². The Labute approximate surface area is 112 Å². The maximum Gasteiger partial charge on any atom is 0.319 e. The average Bonchev–Trinajstić information content (AvgIpc) is 2.32. The van der Waals surface area contributed by atoms with Crippen molar-refractivity contribution in [3.63, 3.8) is 0 Å². The molecule has 0 radical (unpaired) electrons. The van der Waals surface area contributed by atoms with Crippen LogP contribution in [0.5, 0.6) is 0 Å². The van der Waals surface area contributed by atoms with Gasteiger partial charge in [-0.15, -0.1) is 0 Å². The lowest BCUT2D eigenvalue weighted by Gasteiger charge is -2.29. The number of rotatable bonds is 2. The van der Waals surface area contributed by atoms with Gasteiger partial charge < -0.3 is 16.4 Å². The second kappa shape index (κ2) is 6.07. The first-order valence-corrected chi connectivity index (χ1v) is 6.61. The summed E-state index contributed by atoms with van der Waals surface area (Å²) in [4.78, 5) is 11.8. The summed E-state index contributed by atoms with van der Waals surface area (Å²) in [6, 6.07) is 6.97. The molecule has 0 bridgehead atoms. The van der Waals surface area contributed by atoms with E-state index in [1.54, 1.807) is 24.3 Å². The van der Waals surface area contributed by atoms with Gasteiger partial charge in [0, 0.05) is 22.8 Å². The second-order valence-corrected chi connectivity index (χ2v) is 5.10. The minimum Gasteiger partial charge on any atom is -0.334 e. The Balaban J connectivity index is 1.88. The maximum atomic E-state index is 11.8. The third kappa shape index (κ3) is 3.62. The molecule has 4 N–H and O–H groups in total. The standard InChI is InChI=1S/C13H18ClN3O/c14-9-4-3-5-10(8-9)16-13(18)17-12-7-2-1-6-11(12)15/h3-5,8,11-12H,1-2,6-7,15H2,(H2,16,17,18). The first-order valence-electron chi connectivity index (χ1n) is 6.24. The monoisotopic (exact) mass is 267 g/mol. The quantitative estimate of drug-likeness (QED) is 0.771. The Kier molecular flexibility index (Phi) is 4.44. The molecule has 0 aromatic heterocycles. The van der Waals surface area contributed by atoms with E-state index in [0.29, 0.717) is 10.7 Å². The molecule has 0 spiro atoms. The fraction of sp³-hybridized carbons (Fsp3) is 0.462. The van der Waals surface area contributed by atoms with Crippen LogP contribution in [0.1, 0.15) is 25.7 Å². The van der Waals surface area contributed by atoms with Gasteiger partial charge in [-0.3, -0.25) is 0 Å². The summed E-state index contributed by atoms with van der Waals surface area (Å²) < 4.78 is 0. The summed E-state index contributed by atoms with van der Waals surface area (Å²) in [6.45, 7) is 0. The lowest BCUT2D eigenvalue weighted by Crippen LogP contribution is -2.50. The second-order valence-electron chi connectivity index (χ2n) is 4.66. The summed E-state index contributed by atoms with van der Waals surface area (Å²) in [5.41, 5.74) is 6.67. The molecule has 1 saturated carbocycles. The number of nitrogens with one attached hydrogen (secondary N) is 2. The van der Waals surface area contributed by atoms with Gasteiger partial charge in [0.1, 0.15) is 0 Å². The van der Waals surface area contributed by atoms with Gasteiger partial charge in [-0.1, -0.05) is 30.5 Å². The number of carbonyl (C=O) groups is 1. The van der Waals surface area contributed by atoms with E-state index in [2.05, 4.69) is 10.6 Å². The van der Waals surface area contributed by atoms with E-state index in [-0.39, 0.29) is 18.1 Å². The molecule has 2 atom stereocenters. The molecule has 18 heavy (non-hydrogen) atoms. The predicted molar refractivity (Wildman–Crippen MR) is 73.8 cm³/mol. The molecular weight excluding hydrogens is 250 g/mol. The zero-order valence-electron chi connectivity index (χ0n) is 10.2. The molecule has 0 saturated heterocycles. The Morgan fingerprint density at radius 1 is 1.33 bits per heavy atom. The normalized spacial score (nSPS) is 23.4. The van der Waals surface area contributed by atoms with Crippen molar-refractivity contribution in [1.82, 2.24) is 5.32 Å². The summed E-state index contributed by atoms with van der Waals surface area (Å²) in [5, 5.41) is 6.28. The van der Waals surface area contributed by atoms with E-state index in [1.807, 2.05) is 0 Å². The number of carbonyl (C=O) groups excluding carboxylic acids is 1. The van der Waals surface area contributed by atoms with Crippen LogP contribution < -0.4 is 16.4 Å². The molecule has 1 aliphatic rings. The van der Waals surface area contributed by atoms with Crippen LogP contribution in [0.4, 0.5) is 10.5 Å². The molecule has 1 aliphatic carbocycles. The van der Waals surface area contributed by atoms with E-state index in [0.717, 1.165) is 25.7 Å². The van der Waals surface area contributed by atoms with Crippen molar-refractivity contribution in [3.05, 3.63) is 29.3 Å². The Bertz CT molecular complexity index is 424. The number of nitrogens with two attached hydrogens (primary N) is 1. The highest BCUT2D eigenvalue weighted by Crippen LogP contribution is 2.18. The highest BCUT2D eigenvalue weighted by atomic mass is 35.5. The third-order valence-electron chi connectivity index (χ3n) is 3.22. The predicted octanol–water partition coefficient (Wildman–Crippen LogP) is 2.73. The molecule has 0 heterocycles. The topological polar surface area (TPSA) is 67.1 Å². The minimum atomic E-state index is -0.223. The minimum absolute atomic E-state index is 0.0591. The third-order valence-corrected chi connectivity index (χ3v) is 3.45. The van der Waals surface area contributed by atoms with Crippen LogP contribution >= 0.6 is 11.6 Å². The van der Waals surface area contributed by atoms with Crippen LogP contribution in [0.15, 0.2) is 24.3 Å². The highest BCUT2D eigenvalue weighted by molar-refractivity contribution is 6.30. The molecule has 1 aromatic rings. The highest BCUT2D eigenvalue weighted by Gasteiger charge is 2.23. The Morgan fingerprint density at radius 3 is 2.83 bits per heavy atom. The van der Waals surface area contributed by atoms with Crippen molar-refractivity contribution >= 4 is 23.3 Å². The number of hydrogen-bond donors (Lipinski definition) is 3. The van der Waals surface area contributed by atoms with Crippen molar-refractivity contribution < 1.29 is 4.79 Å². The van der Waals surface area contributed by atoms with E-state index < -0.39 is 0 Å². The Morgan fingerprint density at radius 2 is 2.11 bits per heavy atom. The van der Waals surface area contributed by atoms with Gasteiger partial charge in [-0.2, -0.15) is 0 Å². The van der Waals surface area contributed by atoms with Crippen molar-refractivity contribution in [2.24, 2.45) is 5.73 Å². The number of halogens is 1. The molecule has 0 aliphatic heterocycles. The molecule has 2 rings (SSSR count). The van der Waals surface area contributed by atoms with Gasteiger partial charge in [0.15, 0.2) is 0 Å². The molecule has 2 amide bonds. The smallest absolute Gasteiger partial charge is 0.319 e. The molecular formula is C13H18ClN3O. The van der Waals surface area contributed by atoms with Crippen LogP contribution in [-0.4, -0.2) is 18.1 Å². The number of benzene rings is 1. The largest absolute Gasteiger partial charge is 0.334 e. The maximum absolute atomic E-state index is 11.8. The van der Waals surface area contributed by atoms with Gasteiger partial charge in [-0.25, -0.2) is 4.79 Å². The fourth-order valence-corrected chi connectivity index (χ4v) is 2.43. The summed E-state index contributed by atoms with van der Waals surface area (Å²) in [5.74, 6) is 0. The van der Waals surface area contributed by atoms with Crippen molar-refractivity contribution in [2.75, 3.05) is 5.32 Å². The summed E-state index contributed by atoms with van der Waals surface area (Å²) in [7, 11) is 0. The van der Waals surface area contributed by atoms with Crippen LogP contribution in [0.25, 0.3) is 0 Å². The van der Waals surface area contributed by atoms with Crippen LogP contribution in [0, 0.1) is 0 Å². The van der Waals surface area contributed by atoms with Crippen molar-refractivity contribution in [1.29, 1.82) is 0 Å². The van der Waals surface area contributed by atoms with Gasteiger partial charge in [0.05, 0.1) is 0 Å². The molecule has 98 valence electrons. The van der Waals surface area contributed by atoms with Gasteiger partial charge in [-0.05, 0) is 31.0 Å². The molecule has 1 aromatic carbocycles. The van der Waals surface area contributed by atoms with E-state index >= 15 is 0 Å². The number of hydrogen-bond acceptors (Lipinski definition) is 2. The molecule has 4 nitrogen and oxygen atoms in total. The molecule has 2 unspecified atom stereocenters. The van der Waals surface area contributed by atoms with Gasteiger partial charge in [0.25, 0.3) is 0 Å². The van der Waals surface area contributed by atoms with Crippen LogP contribution in [-0.2, 0) is 0 Å². The fourth-order valence-electron chi connectivity index (χ4n) is 2.24. The zero-order chi connectivity index (χ0) is 13.0. The zero-order valence-corrected chi connectivity index (χ0v) is 10.9. The first kappa shape index (κ1) is 13.2. The van der Waals surface area contributed by atoms with E-state index in [1.165, 1.54) is 0 Å². The molecule has 1 fully saturated rings. The van der Waals surface area contributed by atoms with Gasteiger partial charge in [0.2, 0.25) is 0 Å². The SMILES string of the molecule is NC1CCCCC1NC(=O)Nc1cccc(Cl)c1. The lowest BCUT2D eigenvalue weighted by atomic mass is 9.91. The van der Waals surface area contributed by atoms with E-state index in [9.17, 15) is 4.79 Å². The van der Waals surface area contributed by atoms with E-state index in [4.69, 9.17) is 17.3 Å². The average molecular weight is 268 g/mol. The Hall–Kier alpha value is -1.26.